The van der Waals surface area contributed by atoms with Gasteiger partial charge in [-0.15, -0.1) is 5.10 Å². The number of hydrogen-bond acceptors (Lipinski definition) is 6. The molecule has 4 saturated carbocycles. The Kier molecular flexibility index (Phi) is 4.15. The summed E-state index contributed by atoms with van der Waals surface area (Å²) in [6, 6.07) is 0. The number of piperidine rings is 1. The smallest absolute Gasteiger partial charge is 0.276 e. The van der Waals surface area contributed by atoms with Crippen LogP contribution in [0.25, 0.3) is 11.0 Å². The van der Waals surface area contributed by atoms with Crippen LogP contribution in [0, 0.1) is 23.7 Å². The maximum Gasteiger partial charge on any atom is 0.276 e. The van der Waals surface area contributed by atoms with Crippen LogP contribution in [0.2, 0.25) is 0 Å². The molecule has 2 bridgehead atoms. The molecule has 0 aromatic carbocycles. The van der Waals surface area contributed by atoms with Crippen LogP contribution in [0.1, 0.15) is 19.3 Å². The number of carbonyl (C=O) groups excluding carboxylic acids is 1. The first kappa shape index (κ1) is 20.8. The SMILES string of the molecule is C=CC(=O)N1CC2C(C1)C2Cn1cc(Nc2cn(C)nc2OC)c2ncn(C34CC(C3)C4)c2c1=O. The molecule has 3 aromatic heterocycles. The van der Waals surface area contributed by atoms with Gasteiger partial charge in [0.05, 0.1) is 25.3 Å². The Morgan fingerprint density at radius 3 is 2.63 bits per heavy atom. The molecule has 1 aliphatic heterocycles. The summed E-state index contributed by atoms with van der Waals surface area (Å²) in [5.41, 5.74) is 2.91. The van der Waals surface area contributed by atoms with E-state index in [2.05, 4.69) is 21.6 Å². The van der Waals surface area contributed by atoms with Crippen molar-refractivity contribution in [3.05, 3.63) is 41.7 Å². The van der Waals surface area contributed by atoms with E-state index in [1.807, 2.05) is 35.2 Å². The van der Waals surface area contributed by atoms with Gasteiger partial charge in [0, 0.05) is 38.4 Å². The number of rotatable bonds is 7. The van der Waals surface area contributed by atoms with Gasteiger partial charge in [0.1, 0.15) is 16.7 Å². The number of likely N-dealkylation sites (tertiary alicyclic amines) is 1. The lowest BCUT2D eigenvalue weighted by molar-refractivity contribution is -0.125. The highest BCUT2D eigenvalue weighted by Crippen LogP contribution is 2.62. The van der Waals surface area contributed by atoms with E-state index in [9.17, 15) is 9.59 Å². The molecular formula is C25H29N7O3. The second-order valence-electron chi connectivity index (χ2n) is 10.8. The number of nitrogens with one attached hydrogen (secondary N) is 1. The van der Waals surface area contributed by atoms with E-state index in [1.54, 1.807) is 11.8 Å². The van der Waals surface area contributed by atoms with Crippen molar-refractivity contribution in [1.82, 2.24) is 28.8 Å². The molecule has 5 fully saturated rings. The lowest BCUT2D eigenvalue weighted by Gasteiger charge is -2.62. The predicted molar refractivity (Wildman–Crippen MR) is 130 cm³/mol. The van der Waals surface area contributed by atoms with E-state index in [1.165, 1.54) is 6.08 Å². The molecule has 0 spiro atoms. The summed E-state index contributed by atoms with van der Waals surface area (Å²) in [6.45, 7) is 5.74. The molecule has 4 aliphatic carbocycles. The highest BCUT2D eigenvalue weighted by Gasteiger charge is 2.59. The highest BCUT2D eigenvalue weighted by molar-refractivity contribution is 5.90. The lowest BCUT2D eigenvalue weighted by Crippen LogP contribution is -2.59. The van der Waals surface area contributed by atoms with Crippen LogP contribution in [0.15, 0.2) is 36.2 Å². The topological polar surface area (TPSA) is 99.2 Å². The van der Waals surface area contributed by atoms with Gasteiger partial charge >= 0.3 is 0 Å². The van der Waals surface area contributed by atoms with Crippen molar-refractivity contribution in [3.8, 4) is 5.88 Å². The molecule has 0 radical (unpaired) electrons. The predicted octanol–water partition coefficient (Wildman–Crippen LogP) is 2.08. The third-order valence-corrected chi connectivity index (χ3v) is 8.81. The quantitative estimate of drug-likeness (QED) is 0.526. The number of anilines is 2. The van der Waals surface area contributed by atoms with E-state index in [0.717, 1.165) is 49.6 Å². The van der Waals surface area contributed by atoms with Crippen LogP contribution in [0.3, 0.4) is 0 Å². The number of amides is 1. The molecule has 1 saturated heterocycles. The minimum Gasteiger partial charge on any atom is -0.478 e. The number of methoxy groups -OCH3 is 1. The fourth-order valence-electron chi connectivity index (χ4n) is 6.78. The van der Waals surface area contributed by atoms with Crippen LogP contribution < -0.4 is 15.6 Å². The monoisotopic (exact) mass is 475 g/mol. The van der Waals surface area contributed by atoms with Crippen LogP contribution in [-0.4, -0.2) is 54.9 Å². The molecule has 2 unspecified atom stereocenters. The van der Waals surface area contributed by atoms with Crippen molar-refractivity contribution in [3.63, 3.8) is 0 Å². The number of nitrogens with zero attached hydrogens (tertiary/aromatic N) is 6. The number of hydrogen-bond donors (Lipinski definition) is 1. The Hall–Kier alpha value is -3.56. The third-order valence-electron chi connectivity index (χ3n) is 8.81. The highest BCUT2D eigenvalue weighted by atomic mass is 16.5. The van der Waals surface area contributed by atoms with Crippen LogP contribution >= 0.6 is 0 Å². The largest absolute Gasteiger partial charge is 0.478 e. The second kappa shape index (κ2) is 6.99. The van der Waals surface area contributed by atoms with Gasteiger partial charge in [0.15, 0.2) is 0 Å². The first-order valence-electron chi connectivity index (χ1n) is 12.3. The van der Waals surface area contributed by atoms with E-state index in [0.29, 0.717) is 41.2 Å². The van der Waals surface area contributed by atoms with Gasteiger partial charge in [-0.1, -0.05) is 6.58 Å². The van der Waals surface area contributed by atoms with E-state index in [4.69, 9.17) is 9.72 Å². The molecule has 182 valence electrons. The Morgan fingerprint density at radius 2 is 2.00 bits per heavy atom. The summed E-state index contributed by atoms with van der Waals surface area (Å²) >= 11 is 0. The van der Waals surface area contributed by atoms with E-state index >= 15 is 0 Å². The molecule has 1 N–H and O–H groups in total. The van der Waals surface area contributed by atoms with Gasteiger partial charge in [-0.05, 0) is 49.0 Å². The van der Waals surface area contributed by atoms with Gasteiger partial charge in [-0.25, -0.2) is 4.98 Å². The van der Waals surface area contributed by atoms with Gasteiger partial charge in [0.25, 0.3) is 11.4 Å². The van der Waals surface area contributed by atoms with Crippen molar-refractivity contribution in [2.75, 3.05) is 25.5 Å². The Bertz CT molecular complexity index is 1420. The average Bonchev–Trinajstić information content (AvgIpc) is 3.20. The summed E-state index contributed by atoms with van der Waals surface area (Å²) in [5.74, 6) is 2.56. The Balaban J connectivity index is 1.26. The molecule has 5 aliphatic rings. The molecule has 2 atom stereocenters. The molecule has 8 rings (SSSR count). The maximum absolute atomic E-state index is 13.8. The van der Waals surface area contributed by atoms with Gasteiger partial charge in [-0.2, -0.15) is 0 Å². The molecule has 10 heteroatoms. The Labute approximate surface area is 202 Å². The summed E-state index contributed by atoms with van der Waals surface area (Å²) < 4.78 is 11.1. The van der Waals surface area contributed by atoms with Crippen molar-refractivity contribution < 1.29 is 9.53 Å². The first-order chi connectivity index (χ1) is 16.9. The zero-order chi connectivity index (χ0) is 24.1. The van der Waals surface area contributed by atoms with Crippen LogP contribution in [-0.2, 0) is 23.9 Å². The van der Waals surface area contributed by atoms with Crippen LogP contribution in [0.5, 0.6) is 5.88 Å². The number of aryl methyl sites for hydroxylation is 1. The Morgan fingerprint density at radius 1 is 1.26 bits per heavy atom. The number of ether oxygens (including phenoxy) is 1. The molecule has 4 heterocycles. The standard InChI is InChI=1S/C25H29N7O3/c1-4-20(33)30-8-15-16(9-30)17(15)10-31-12-18(27-19-11-29(2)28-23(19)35-3)21-22(24(31)34)32(13-26-21)25-5-14(6-25)7-25/h4,11-17,27H,1,5-10H2,2-3H3. The number of aromatic nitrogens is 5. The normalized spacial score (nSPS) is 29.9. The van der Waals surface area contributed by atoms with Gasteiger partial charge in [0.2, 0.25) is 5.91 Å². The summed E-state index contributed by atoms with van der Waals surface area (Å²) in [7, 11) is 3.43. The fraction of sp³-hybridized carbons (Fsp3) is 0.520. The number of fused-ring (bicyclic) bond motifs is 2. The third kappa shape index (κ3) is 2.88. The zero-order valence-corrected chi connectivity index (χ0v) is 20.0. The fourth-order valence-corrected chi connectivity index (χ4v) is 6.78. The van der Waals surface area contributed by atoms with E-state index < -0.39 is 0 Å². The molecule has 1 amide bonds. The summed E-state index contributed by atoms with van der Waals surface area (Å²) in [4.78, 5) is 32.4. The molecule has 10 nitrogen and oxygen atoms in total. The van der Waals surface area contributed by atoms with Crippen molar-refractivity contribution >= 4 is 28.3 Å². The molecule has 35 heavy (non-hydrogen) atoms. The van der Waals surface area contributed by atoms with Crippen molar-refractivity contribution in [2.24, 2.45) is 30.7 Å². The second-order valence-corrected chi connectivity index (χ2v) is 10.8. The van der Waals surface area contributed by atoms with E-state index in [-0.39, 0.29) is 17.0 Å². The molecular weight excluding hydrogens is 446 g/mol. The molecule has 3 aromatic rings. The zero-order valence-electron chi connectivity index (χ0n) is 20.0. The minimum atomic E-state index is -0.00565. The van der Waals surface area contributed by atoms with Crippen molar-refractivity contribution in [1.29, 1.82) is 0 Å². The number of pyridine rings is 1. The first-order valence-corrected chi connectivity index (χ1v) is 12.3. The maximum atomic E-state index is 13.8. The number of imidazole rings is 1. The van der Waals surface area contributed by atoms with Gasteiger partial charge < -0.3 is 24.1 Å². The number of carbonyl (C=O) groups is 1. The van der Waals surface area contributed by atoms with Crippen molar-refractivity contribution in [2.45, 2.75) is 31.3 Å². The lowest BCUT2D eigenvalue weighted by atomic mass is 9.49. The minimum absolute atomic E-state index is 0.00565. The average molecular weight is 476 g/mol. The van der Waals surface area contributed by atoms with Gasteiger partial charge in [-0.3, -0.25) is 14.3 Å². The van der Waals surface area contributed by atoms with Crippen LogP contribution in [0.4, 0.5) is 11.4 Å². The summed E-state index contributed by atoms with van der Waals surface area (Å²) in [5, 5.41) is 7.78. The summed E-state index contributed by atoms with van der Waals surface area (Å²) in [6.07, 6.45) is 10.4.